The van der Waals surface area contributed by atoms with Gasteiger partial charge in [-0.1, -0.05) is 64.2 Å². The Morgan fingerprint density at radius 2 is 0.565 bits per heavy atom. The summed E-state index contributed by atoms with van der Waals surface area (Å²) in [5.41, 5.74) is 0. The molecular weight excluding hydrogens is 289 g/mol. The van der Waals surface area contributed by atoms with E-state index in [0.29, 0.717) is 0 Å². The quantitative estimate of drug-likeness (QED) is 0.384. The van der Waals surface area contributed by atoms with E-state index in [0.717, 1.165) is 0 Å². The summed E-state index contributed by atoms with van der Waals surface area (Å²) in [6.45, 7) is 0. The molecule has 0 atom stereocenters. The molecule has 2 aromatic carbocycles. The van der Waals surface area contributed by atoms with Crippen LogP contribution in [-0.2, 0) is 0 Å². The predicted molar refractivity (Wildman–Crippen MR) is 102 cm³/mol. The Bertz CT molecular complexity index is 281. The molecule has 0 spiro atoms. The molecule has 2 fully saturated rings. The molecule has 0 saturated heterocycles. The van der Waals surface area contributed by atoms with Crippen LogP contribution in [0.15, 0.2) is 60.7 Å². The Balaban J connectivity index is 0.000000278. The van der Waals surface area contributed by atoms with E-state index in [1.54, 1.807) is 0 Å². The molecule has 0 amide bonds. The minimum atomic E-state index is 0. The van der Waals surface area contributed by atoms with Crippen molar-refractivity contribution in [3.63, 3.8) is 0 Å². The van der Waals surface area contributed by atoms with Crippen molar-refractivity contribution >= 4 is 23.1 Å². The van der Waals surface area contributed by atoms with E-state index in [-0.39, 0.29) is 23.1 Å². The van der Waals surface area contributed by atoms with E-state index in [2.05, 4.69) is 12.1 Å². The van der Waals surface area contributed by atoms with Crippen molar-refractivity contribution in [3.8, 4) is 0 Å². The zero-order valence-electron chi connectivity index (χ0n) is 14.6. The van der Waals surface area contributed by atoms with Gasteiger partial charge in [-0.05, 0) is 0 Å². The summed E-state index contributed by atoms with van der Waals surface area (Å²) in [6, 6.07) is 25.0. The molecule has 1 heteroatoms. The molecule has 2 aliphatic carbocycles. The molecule has 2 aliphatic rings. The largest absolute Gasteiger partial charge is 2.00 e. The Hall–Kier alpha value is -0.794. The van der Waals surface area contributed by atoms with Gasteiger partial charge in [-0.25, -0.2) is 0 Å². The topological polar surface area (TPSA) is 0 Å². The van der Waals surface area contributed by atoms with Gasteiger partial charge in [0.15, 0.2) is 0 Å². The van der Waals surface area contributed by atoms with E-state index in [1.807, 2.05) is 60.7 Å². The first-order valence-corrected chi connectivity index (χ1v) is 8.82. The minimum Gasteiger partial charge on any atom is -0.184 e. The normalized spacial score (nSPS) is 14.6. The van der Waals surface area contributed by atoms with Crippen LogP contribution in [0.3, 0.4) is 0 Å². The van der Waals surface area contributed by atoms with Crippen LogP contribution in [-0.4, -0.2) is 23.1 Å². The SMILES string of the molecule is C1CCCC1.C1CCCC1.[Mg+2].[c-]1ccccc1.[c-]1ccccc1. The van der Waals surface area contributed by atoms with Gasteiger partial charge in [-0.3, -0.25) is 0 Å². The fourth-order valence-electron chi connectivity index (χ4n) is 2.45. The van der Waals surface area contributed by atoms with Crippen molar-refractivity contribution in [1.82, 2.24) is 0 Å². The van der Waals surface area contributed by atoms with E-state index >= 15 is 0 Å². The Morgan fingerprint density at radius 1 is 0.348 bits per heavy atom. The molecule has 0 aliphatic heterocycles. The van der Waals surface area contributed by atoms with Gasteiger partial charge in [0.2, 0.25) is 0 Å². The zero-order chi connectivity index (χ0) is 15.6. The summed E-state index contributed by atoms with van der Waals surface area (Å²) in [7, 11) is 0. The Morgan fingerprint density at radius 3 is 0.652 bits per heavy atom. The predicted octanol–water partition coefficient (Wildman–Crippen LogP) is 6.49. The molecule has 4 rings (SSSR count). The van der Waals surface area contributed by atoms with Crippen molar-refractivity contribution in [3.05, 3.63) is 72.8 Å². The van der Waals surface area contributed by atoms with Crippen LogP contribution in [0.2, 0.25) is 0 Å². The van der Waals surface area contributed by atoms with Crippen LogP contribution in [0.4, 0.5) is 0 Å². The third-order valence-electron chi connectivity index (χ3n) is 3.71. The van der Waals surface area contributed by atoms with Crippen molar-refractivity contribution in [2.75, 3.05) is 0 Å². The number of rotatable bonds is 0. The maximum absolute atomic E-state index is 2.89. The summed E-state index contributed by atoms with van der Waals surface area (Å²) in [4.78, 5) is 0. The average Bonchev–Trinajstić information content (AvgIpc) is 3.37. The van der Waals surface area contributed by atoms with E-state index < -0.39 is 0 Å². The summed E-state index contributed by atoms with van der Waals surface area (Å²) in [6.07, 6.45) is 15.0. The molecule has 2 saturated carbocycles. The smallest absolute Gasteiger partial charge is 0.184 e. The van der Waals surface area contributed by atoms with E-state index in [4.69, 9.17) is 0 Å². The monoisotopic (exact) mass is 318 g/mol. The fourth-order valence-corrected chi connectivity index (χ4v) is 2.45. The second-order valence-electron chi connectivity index (χ2n) is 5.69. The molecule has 0 bridgehead atoms. The number of hydrogen-bond donors (Lipinski definition) is 0. The maximum Gasteiger partial charge on any atom is 2.00 e. The Kier molecular flexibility index (Phi) is 18.6. The van der Waals surface area contributed by atoms with Gasteiger partial charge < -0.3 is 0 Å². The summed E-state index contributed by atoms with van der Waals surface area (Å²) in [5.74, 6) is 0. The van der Waals surface area contributed by atoms with E-state index in [9.17, 15) is 0 Å². The second kappa shape index (κ2) is 19.3. The first-order chi connectivity index (χ1) is 11.0. The molecule has 0 aromatic heterocycles. The standard InChI is InChI=1S/2C6H5.2C5H10.Mg/c2*1-2-4-6-5-3-1;2*1-2-4-5-3-1;/h2*1-5H;2*1-5H2;/q2*-1;;;+2. The fraction of sp³-hybridized carbons (Fsp3) is 0.455. The van der Waals surface area contributed by atoms with Crippen LogP contribution in [0, 0.1) is 12.1 Å². The summed E-state index contributed by atoms with van der Waals surface area (Å²) in [5, 5.41) is 0. The average molecular weight is 319 g/mol. The van der Waals surface area contributed by atoms with Crippen LogP contribution < -0.4 is 0 Å². The van der Waals surface area contributed by atoms with Crippen LogP contribution >= 0.6 is 0 Å². The Labute approximate surface area is 159 Å². The van der Waals surface area contributed by atoms with Crippen molar-refractivity contribution < 1.29 is 0 Å². The van der Waals surface area contributed by atoms with Gasteiger partial charge in [-0.15, -0.1) is 0 Å². The van der Waals surface area contributed by atoms with Gasteiger partial charge in [0.05, 0.1) is 0 Å². The molecule has 0 radical (unpaired) electrons. The molecule has 0 heterocycles. The molecule has 0 unspecified atom stereocenters. The van der Waals surface area contributed by atoms with Crippen LogP contribution in [0.25, 0.3) is 0 Å². The third-order valence-corrected chi connectivity index (χ3v) is 3.71. The zero-order valence-corrected chi connectivity index (χ0v) is 16.0. The van der Waals surface area contributed by atoms with Crippen molar-refractivity contribution in [1.29, 1.82) is 0 Å². The van der Waals surface area contributed by atoms with E-state index in [1.165, 1.54) is 64.2 Å². The first kappa shape index (κ1) is 22.2. The molecule has 0 N–H and O–H groups in total. The molecule has 0 nitrogen and oxygen atoms in total. The van der Waals surface area contributed by atoms with Gasteiger partial charge in [-0.2, -0.15) is 72.8 Å². The van der Waals surface area contributed by atoms with Crippen LogP contribution in [0.5, 0.6) is 0 Å². The first-order valence-electron chi connectivity index (χ1n) is 8.82. The van der Waals surface area contributed by atoms with Crippen molar-refractivity contribution in [2.45, 2.75) is 64.2 Å². The van der Waals surface area contributed by atoms with Crippen LogP contribution in [0.1, 0.15) is 64.2 Å². The van der Waals surface area contributed by atoms with Gasteiger partial charge in [0.25, 0.3) is 0 Å². The molecule has 23 heavy (non-hydrogen) atoms. The minimum absolute atomic E-state index is 0. The molecule has 2 aromatic rings. The second-order valence-corrected chi connectivity index (χ2v) is 5.69. The number of hydrogen-bond acceptors (Lipinski definition) is 0. The summed E-state index contributed by atoms with van der Waals surface area (Å²) >= 11 is 0. The molecular formula is C22H30Mg. The van der Waals surface area contributed by atoms with Crippen molar-refractivity contribution in [2.24, 2.45) is 0 Å². The molecule has 120 valence electrons. The van der Waals surface area contributed by atoms with Gasteiger partial charge in [0, 0.05) is 0 Å². The summed E-state index contributed by atoms with van der Waals surface area (Å²) < 4.78 is 0. The third kappa shape index (κ3) is 17.4. The van der Waals surface area contributed by atoms with Gasteiger partial charge in [0.1, 0.15) is 0 Å². The number of benzene rings is 2. The van der Waals surface area contributed by atoms with Gasteiger partial charge >= 0.3 is 23.1 Å². The maximum atomic E-state index is 2.89.